The lowest BCUT2D eigenvalue weighted by Crippen LogP contribution is -2.22. The number of hydrogen-bond donors (Lipinski definition) is 1. The number of hydrogen-bond acceptors (Lipinski definition) is 2. The van der Waals surface area contributed by atoms with Crippen LogP contribution in [0, 0.1) is 5.92 Å². The summed E-state index contributed by atoms with van der Waals surface area (Å²) in [5.41, 5.74) is 1.01. The van der Waals surface area contributed by atoms with Crippen LogP contribution in [0.5, 0.6) is 0 Å². The maximum Gasteiger partial charge on any atom is 0.0465 e. The molecule has 0 aromatic heterocycles. The van der Waals surface area contributed by atoms with Crippen LogP contribution >= 0.6 is 35.0 Å². The molecule has 1 fully saturated rings. The molecule has 1 N–H and O–H groups in total. The van der Waals surface area contributed by atoms with Crippen molar-refractivity contribution in [2.45, 2.75) is 13.0 Å². The predicted octanol–water partition coefficient (Wildman–Crippen LogP) is 3.84. The summed E-state index contributed by atoms with van der Waals surface area (Å²) in [6, 6.07) is 5.65. The van der Waals surface area contributed by atoms with Crippen molar-refractivity contribution in [1.29, 1.82) is 0 Å². The van der Waals surface area contributed by atoms with Gasteiger partial charge in [-0.1, -0.05) is 29.3 Å². The van der Waals surface area contributed by atoms with E-state index in [0.29, 0.717) is 0 Å². The summed E-state index contributed by atoms with van der Waals surface area (Å²) >= 11 is 14.2. The van der Waals surface area contributed by atoms with E-state index in [0.717, 1.165) is 34.6 Å². The Balaban J connectivity index is 1.84. The van der Waals surface area contributed by atoms with Crippen molar-refractivity contribution < 1.29 is 0 Å². The smallest absolute Gasteiger partial charge is 0.0465 e. The Kier molecular flexibility index (Phi) is 4.83. The Morgan fingerprint density at radius 2 is 2.06 bits per heavy atom. The molecule has 0 radical (unpaired) electrons. The zero-order valence-electron chi connectivity index (χ0n) is 9.01. The summed E-state index contributed by atoms with van der Waals surface area (Å²) in [6.45, 7) is 1.83. The monoisotopic (exact) mass is 275 g/mol. The molecule has 88 valence electrons. The predicted molar refractivity (Wildman–Crippen MR) is 73.6 cm³/mol. The van der Waals surface area contributed by atoms with Gasteiger partial charge in [-0.3, -0.25) is 0 Å². The van der Waals surface area contributed by atoms with E-state index in [-0.39, 0.29) is 0 Å². The van der Waals surface area contributed by atoms with Crippen LogP contribution in [0.4, 0.5) is 0 Å². The zero-order chi connectivity index (χ0) is 11.4. The number of thioether (sulfide) groups is 1. The van der Waals surface area contributed by atoms with Crippen LogP contribution < -0.4 is 5.32 Å². The van der Waals surface area contributed by atoms with Gasteiger partial charge in [0, 0.05) is 22.2 Å². The van der Waals surface area contributed by atoms with E-state index < -0.39 is 0 Å². The van der Waals surface area contributed by atoms with Gasteiger partial charge >= 0.3 is 0 Å². The molecule has 1 aromatic carbocycles. The van der Waals surface area contributed by atoms with Gasteiger partial charge in [0.2, 0.25) is 0 Å². The van der Waals surface area contributed by atoms with E-state index >= 15 is 0 Å². The molecular weight excluding hydrogens is 261 g/mol. The topological polar surface area (TPSA) is 12.0 Å². The molecule has 1 heterocycles. The number of benzene rings is 1. The van der Waals surface area contributed by atoms with Crippen LogP contribution in [0.25, 0.3) is 0 Å². The summed E-state index contributed by atoms with van der Waals surface area (Å²) in [5.74, 6) is 3.40. The zero-order valence-corrected chi connectivity index (χ0v) is 11.3. The summed E-state index contributed by atoms with van der Waals surface area (Å²) in [5, 5.41) is 4.94. The van der Waals surface area contributed by atoms with Crippen molar-refractivity contribution in [2.75, 3.05) is 18.1 Å². The van der Waals surface area contributed by atoms with Crippen LogP contribution in [-0.4, -0.2) is 18.1 Å². The lowest BCUT2D eigenvalue weighted by atomic mass is 10.1. The molecule has 0 spiro atoms. The van der Waals surface area contributed by atoms with Crippen LogP contribution in [0.2, 0.25) is 10.0 Å². The third-order valence-corrected chi connectivity index (χ3v) is 4.76. The van der Waals surface area contributed by atoms with Gasteiger partial charge in [-0.25, -0.2) is 0 Å². The molecule has 16 heavy (non-hydrogen) atoms. The van der Waals surface area contributed by atoms with Gasteiger partial charge in [-0.05, 0) is 42.5 Å². The molecule has 1 nitrogen and oxygen atoms in total. The van der Waals surface area contributed by atoms with Gasteiger partial charge in [-0.15, -0.1) is 0 Å². The quantitative estimate of drug-likeness (QED) is 0.896. The minimum absolute atomic E-state index is 0.751. The molecule has 1 atom stereocenters. The largest absolute Gasteiger partial charge is 0.312 e. The van der Waals surface area contributed by atoms with Crippen molar-refractivity contribution >= 4 is 35.0 Å². The highest BCUT2D eigenvalue weighted by Crippen LogP contribution is 2.25. The lowest BCUT2D eigenvalue weighted by molar-refractivity contribution is 0.523. The van der Waals surface area contributed by atoms with Crippen LogP contribution in [0.15, 0.2) is 18.2 Å². The molecule has 1 aliphatic rings. The van der Waals surface area contributed by atoms with Crippen LogP contribution in [0.1, 0.15) is 12.0 Å². The molecule has 0 amide bonds. The maximum atomic E-state index is 6.10. The second kappa shape index (κ2) is 6.15. The van der Waals surface area contributed by atoms with Gasteiger partial charge in [0.1, 0.15) is 0 Å². The average Bonchev–Trinajstić information content (AvgIpc) is 2.75. The molecule has 1 saturated heterocycles. The molecule has 0 bridgehead atoms. The molecule has 2 rings (SSSR count). The minimum atomic E-state index is 0.751. The second-order valence-electron chi connectivity index (χ2n) is 4.06. The Labute approximate surface area is 111 Å². The lowest BCUT2D eigenvalue weighted by Gasteiger charge is -2.11. The Morgan fingerprint density at radius 1 is 1.31 bits per heavy atom. The Morgan fingerprint density at radius 3 is 2.69 bits per heavy atom. The minimum Gasteiger partial charge on any atom is -0.312 e. The van der Waals surface area contributed by atoms with Crippen LogP contribution in [-0.2, 0) is 6.54 Å². The first kappa shape index (κ1) is 12.6. The highest BCUT2D eigenvalue weighted by Gasteiger charge is 2.15. The van der Waals surface area contributed by atoms with Gasteiger partial charge in [-0.2, -0.15) is 11.8 Å². The fraction of sp³-hybridized carbons (Fsp3) is 0.500. The number of nitrogens with one attached hydrogen (secondary N) is 1. The van der Waals surface area contributed by atoms with E-state index in [1.807, 2.05) is 30.0 Å². The molecule has 1 unspecified atom stereocenters. The molecule has 0 saturated carbocycles. The fourth-order valence-corrected chi connectivity index (χ4v) is 3.66. The Bertz CT molecular complexity index is 331. The Hall–Kier alpha value is 0.110. The van der Waals surface area contributed by atoms with Crippen molar-refractivity contribution in [3.8, 4) is 0 Å². The number of rotatable bonds is 4. The van der Waals surface area contributed by atoms with Crippen molar-refractivity contribution in [2.24, 2.45) is 5.92 Å². The van der Waals surface area contributed by atoms with E-state index in [1.54, 1.807) is 0 Å². The van der Waals surface area contributed by atoms with Gasteiger partial charge in [0.15, 0.2) is 0 Å². The first-order valence-electron chi connectivity index (χ1n) is 5.48. The maximum absolute atomic E-state index is 6.10. The second-order valence-corrected chi connectivity index (χ2v) is 6.02. The average molecular weight is 276 g/mol. The van der Waals surface area contributed by atoms with Crippen molar-refractivity contribution in [3.05, 3.63) is 33.8 Å². The standard InChI is InChI=1S/C12H15Cl2NS/c13-11-2-1-3-12(14)10(11)7-15-6-9-4-5-16-8-9/h1-3,9,15H,4-8H2. The van der Waals surface area contributed by atoms with Crippen LogP contribution in [0.3, 0.4) is 0 Å². The highest BCUT2D eigenvalue weighted by molar-refractivity contribution is 7.99. The number of halogens is 2. The first-order chi connectivity index (χ1) is 7.77. The van der Waals surface area contributed by atoms with E-state index in [4.69, 9.17) is 23.2 Å². The fourth-order valence-electron chi connectivity index (χ4n) is 1.85. The summed E-state index contributed by atoms with van der Waals surface area (Å²) in [6.07, 6.45) is 1.33. The molecule has 1 aromatic rings. The van der Waals surface area contributed by atoms with Gasteiger partial charge < -0.3 is 5.32 Å². The molecular formula is C12H15Cl2NS. The summed E-state index contributed by atoms with van der Waals surface area (Å²) in [7, 11) is 0. The van der Waals surface area contributed by atoms with E-state index in [1.165, 1.54) is 17.9 Å². The molecule has 1 aliphatic heterocycles. The van der Waals surface area contributed by atoms with Gasteiger partial charge in [0.25, 0.3) is 0 Å². The molecule has 4 heteroatoms. The van der Waals surface area contributed by atoms with E-state index in [2.05, 4.69) is 5.32 Å². The normalized spacial score (nSPS) is 20.2. The van der Waals surface area contributed by atoms with E-state index in [9.17, 15) is 0 Å². The third kappa shape index (κ3) is 3.30. The summed E-state index contributed by atoms with van der Waals surface area (Å²) in [4.78, 5) is 0. The highest BCUT2D eigenvalue weighted by atomic mass is 35.5. The van der Waals surface area contributed by atoms with Crippen molar-refractivity contribution in [3.63, 3.8) is 0 Å². The molecule has 0 aliphatic carbocycles. The first-order valence-corrected chi connectivity index (χ1v) is 7.40. The van der Waals surface area contributed by atoms with Crippen molar-refractivity contribution in [1.82, 2.24) is 5.32 Å². The SMILES string of the molecule is Clc1cccc(Cl)c1CNCC1CCSC1. The third-order valence-electron chi connectivity index (χ3n) is 2.82. The van der Waals surface area contributed by atoms with Gasteiger partial charge in [0.05, 0.1) is 0 Å². The summed E-state index contributed by atoms with van der Waals surface area (Å²) < 4.78 is 0.